The van der Waals surface area contributed by atoms with Crippen molar-refractivity contribution in [2.45, 2.75) is 49.7 Å². The second kappa shape index (κ2) is 5.53. The molecule has 13 heavy (non-hydrogen) atoms. The molecule has 0 nitrogen and oxygen atoms in total. The SMILES string of the molecule is BBBCC.BrC12CCC(CC1)C2. The van der Waals surface area contributed by atoms with Crippen LogP contribution in [0.2, 0.25) is 6.32 Å². The van der Waals surface area contributed by atoms with Crippen molar-refractivity contribution in [2.75, 3.05) is 0 Å². The molecule has 0 saturated heterocycles. The van der Waals surface area contributed by atoms with Crippen LogP contribution in [0.5, 0.6) is 0 Å². The van der Waals surface area contributed by atoms with Gasteiger partial charge in [0.2, 0.25) is 0 Å². The molecular formula is C9H20B3Br. The Bertz CT molecular complexity index is 142. The van der Waals surface area contributed by atoms with Crippen molar-refractivity contribution in [1.29, 1.82) is 0 Å². The number of rotatable bonds is 2. The standard InChI is InChI=1S/C7H11Br.C2H9B3/c8-7-3-1-6(5-7)2-4-7;1-2-4-5-3/h6H,1-5H2;4-5H,2-3H2,1H3. The summed E-state index contributed by atoms with van der Waals surface area (Å²) in [6.07, 6.45) is 8.68. The molecule has 2 aliphatic rings. The van der Waals surface area contributed by atoms with Gasteiger partial charge in [-0.05, 0) is 38.0 Å². The molecule has 0 atom stereocenters. The Balaban J connectivity index is 0.000000149. The van der Waals surface area contributed by atoms with Crippen LogP contribution in [-0.2, 0) is 0 Å². The van der Waals surface area contributed by atoms with Crippen LogP contribution in [0.4, 0.5) is 0 Å². The third-order valence-electron chi connectivity index (χ3n) is 3.36. The molecule has 0 aliphatic heterocycles. The quantitative estimate of drug-likeness (QED) is 0.507. The van der Waals surface area contributed by atoms with E-state index >= 15 is 0 Å². The molecule has 0 N–H and O–H groups in total. The zero-order valence-corrected chi connectivity index (χ0v) is 10.7. The van der Waals surface area contributed by atoms with E-state index in [-0.39, 0.29) is 0 Å². The van der Waals surface area contributed by atoms with Gasteiger partial charge in [0.1, 0.15) is 0 Å². The highest BCUT2D eigenvalue weighted by molar-refractivity contribution is 9.10. The Labute approximate surface area is 93.6 Å². The molecule has 0 spiro atoms. The number of hydrogen-bond donors (Lipinski definition) is 0. The van der Waals surface area contributed by atoms with E-state index < -0.39 is 0 Å². The monoisotopic (exact) mass is 240 g/mol. The van der Waals surface area contributed by atoms with Gasteiger partial charge in [-0.3, -0.25) is 0 Å². The van der Waals surface area contributed by atoms with Gasteiger partial charge in [-0.25, -0.2) is 0 Å². The summed E-state index contributed by atoms with van der Waals surface area (Å²) in [7, 11) is 4.94. The zero-order valence-electron chi connectivity index (χ0n) is 9.11. The molecule has 4 heteroatoms. The van der Waals surface area contributed by atoms with Crippen LogP contribution in [0.1, 0.15) is 39.0 Å². The van der Waals surface area contributed by atoms with E-state index in [0.29, 0.717) is 4.32 Å². The van der Waals surface area contributed by atoms with Crippen molar-refractivity contribution >= 4 is 37.9 Å². The first kappa shape index (κ1) is 11.7. The molecule has 72 valence electrons. The van der Waals surface area contributed by atoms with Crippen LogP contribution in [0.25, 0.3) is 0 Å². The molecule has 0 aromatic heterocycles. The molecule has 2 bridgehead atoms. The van der Waals surface area contributed by atoms with Crippen molar-refractivity contribution < 1.29 is 0 Å². The topological polar surface area (TPSA) is 0 Å². The van der Waals surface area contributed by atoms with Crippen LogP contribution in [0, 0.1) is 5.92 Å². The maximum absolute atomic E-state index is 3.79. The highest BCUT2D eigenvalue weighted by Crippen LogP contribution is 2.52. The molecule has 2 aliphatic carbocycles. The van der Waals surface area contributed by atoms with Gasteiger partial charge in [-0.1, -0.05) is 29.2 Å². The van der Waals surface area contributed by atoms with Crippen molar-refractivity contribution in [3.63, 3.8) is 0 Å². The van der Waals surface area contributed by atoms with Crippen molar-refractivity contribution in [1.82, 2.24) is 0 Å². The number of halogens is 1. The Morgan fingerprint density at radius 1 is 1.46 bits per heavy atom. The Morgan fingerprint density at radius 2 is 2.08 bits per heavy atom. The second-order valence-corrected chi connectivity index (χ2v) is 6.33. The summed E-state index contributed by atoms with van der Waals surface area (Å²) in [5.74, 6) is 1.09. The molecule has 2 saturated carbocycles. The van der Waals surface area contributed by atoms with E-state index in [2.05, 4.69) is 30.6 Å². The fourth-order valence-corrected chi connectivity index (χ4v) is 3.39. The predicted molar refractivity (Wildman–Crippen MR) is 71.6 cm³/mol. The lowest BCUT2D eigenvalue weighted by atomic mass is 9.27. The van der Waals surface area contributed by atoms with E-state index in [4.69, 9.17) is 0 Å². The average Bonchev–Trinajstić information content (AvgIpc) is 2.64. The summed E-state index contributed by atoms with van der Waals surface area (Å²) in [6.45, 7) is 2.21. The third kappa shape index (κ3) is 3.73. The van der Waals surface area contributed by atoms with E-state index in [9.17, 15) is 0 Å². The van der Waals surface area contributed by atoms with Gasteiger partial charge in [-0.2, -0.15) is 0 Å². The van der Waals surface area contributed by atoms with E-state index in [1.165, 1.54) is 52.7 Å². The minimum atomic E-state index is 0.623. The van der Waals surface area contributed by atoms with Crippen molar-refractivity contribution in [3.05, 3.63) is 0 Å². The van der Waals surface area contributed by atoms with E-state index in [0.717, 1.165) is 5.92 Å². The van der Waals surface area contributed by atoms with Crippen molar-refractivity contribution in [3.8, 4) is 0 Å². The van der Waals surface area contributed by atoms with Gasteiger partial charge in [-0.15, -0.1) is 0 Å². The second-order valence-electron chi connectivity index (χ2n) is 4.65. The van der Waals surface area contributed by atoms with Gasteiger partial charge in [0.15, 0.2) is 0 Å². The lowest BCUT2D eigenvalue weighted by molar-refractivity contribution is 0.503. The first-order valence-electron chi connectivity index (χ1n) is 5.89. The summed E-state index contributed by atoms with van der Waals surface area (Å²) in [5, 5.41) is 0. The van der Waals surface area contributed by atoms with Gasteiger partial charge in [0.25, 0.3) is 0 Å². The van der Waals surface area contributed by atoms with Gasteiger partial charge >= 0.3 is 0 Å². The molecule has 0 aromatic rings. The number of alkyl halides is 1. The minimum absolute atomic E-state index is 0.623. The molecule has 0 amide bonds. The average molecular weight is 241 g/mol. The van der Waals surface area contributed by atoms with E-state index in [1.807, 2.05) is 0 Å². The smallest absolute Gasteiger partial charge is 0.0776 e. The van der Waals surface area contributed by atoms with Crippen LogP contribution < -0.4 is 0 Å². The van der Waals surface area contributed by atoms with Crippen LogP contribution >= 0.6 is 15.9 Å². The predicted octanol–water partition coefficient (Wildman–Crippen LogP) is 1.47. The summed E-state index contributed by atoms with van der Waals surface area (Å²) in [6, 6.07) is 0. The molecule has 2 fully saturated rings. The van der Waals surface area contributed by atoms with E-state index in [1.54, 1.807) is 0 Å². The lowest BCUT2D eigenvalue weighted by Crippen LogP contribution is -2.10. The molecule has 0 heterocycles. The highest BCUT2D eigenvalue weighted by Gasteiger charge is 2.42. The zero-order chi connectivity index (χ0) is 9.73. The lowest BCUT2D eigenvalue weighted by Gasteiger charge is -2.16. The van der Waals surface area contributed by atoms with Crippen LogP contribution in [-0.4, -0.2) is 26.3 Å². The third-order valence-corrected chi connectivity index (χ3v) is 4.48. The van der Waals surface area contributed by atoms with Crippen LogP contribution in [0.3, 0.4) is 0 Å². The maximum Gasteiger partial charge on any atom is 0.0776 e. The highest BCUT2D eigenvalue weighted by atomic mass is 79.9. The van der Waals surface area contributed by atoms with Gasteiger partial charge in [0, 0.05) is 4.32 Å². The van der Waals surface area contributed by atoms with Crippen LogP contribution in [0.15, 0.2) is 0 Å². The largest absolute Gasteiger partial charge is 0.0881 e. The summed E-state index contributed by atoms with van der Waals surface area (Å²) >= 11 is 3.79. The van der Waals surface area contributed by atoms with Gasteiger partial charge in [0.05, 0.1) is 22.0 Å². The number of fused-ring (bicyclic) bond motifs is 2. The summed E-state index contributed by atoms with van der Waals surface area (Å²) in [4.78, 5) is 0. The molecule has 0 radical (unpaired) electrons. The Morgan fingerprint density at radius 3 is 2.15 bits per heavy atom. The summed E-state index contributed by atoms with van der Waals surface area (Å²) < 4.78 is 0.623. The fourth-order valence-electron chi connectivity index (χ4n) is 2.47. The minimum Gasteiger partial charge on any atom is -0.0881 e. The molecule has 0 unspecified atom stereocenters. The fraction of sp³-hybridized carbons (Fsp3) is 1.00. The maximum atomic E-state index is 3.79. The first-order valence-corrected chi connectivity index (χ1v) is 6.68. The normalized spacial score (nSPS) is 35.1. The molecular weight excluding hydrogens is 220 g/mol. The summed E-state index contributed by atoms with van der Waals surface area (Å²) in [5.41, 5.74) is 0. The molecule has 2 rings (SSSR count). The number of hydrogen-bond acceptors (Lipinski definition) is 0. The van der Waals surface area contributed by atoms with Gasteiger partial charge < -0.3 is 0 Å². The Hall–Kier alpha value is 0.675. The molecule has 0 aromatic carbocycles. The van der Waals surface area contributed by atoms with Crippen molar-refractivity contribution in [2.24, 2.45) is 5.92 Å². The Kier molecular flexibility index (Phi) is 5.00. The first-order chi connectivity index (χ1) is 6.20.